The number of carbonyl (C=O) groups excluding carboxylic acids is 1. The number of carbonyl (C=O) groups is 1. The van der Waals surface area contributed by atoms with Crippen LogP contribution in [0.5, 0.6) is 0 Å². The average molecular weight is 276 g/mol. The second-order valence-electron chi connectivity index (χ2n) is 4.32. The van der Waals surface area contributed by atoms with Gasteiger partial charge in [-0.3, -0.25) is 4.79 Å². The Bertz CT molecular complexity index is 615. The van der Waals surface area contributed by atoms with E-state index < -0.39 is 23.1 Å². The van der Waals surface area contributed by atoms with E-state index in [0.29, 0.717) is 6.42 Å². The Morgan fingerprint density at radius 1 is 1.10 bits per heavy atom. The quantitative estimate of drug-likeness (QED) is 0.843. The molecule has 20 heavy (non-hydrogen) atoms. The maximum atomic E-state index is 13.6. The van der Waals surface area contributed by atoms with Crippen LogP contribution in [-0.2, 0) is 6.42 Å². The molecule has 5 heteroatoms. The van der Waals surface area contributed by atoms with Gasteiger partial charge < -0.3 is 11.1 Å². The van der Waals surface area contributed by atoms with Crippen molar-refractivity contribution >= 4 is 11.6 Å². The van der Waals surface area contributed by atoms with Crippen LogP contribution in [0.3, 0.4) is 0 Å². The molecule has 0 radical (unpaired) electrons. The van der Waals surface area contributed by atoms with Crippen molar-refractivity contribution in [3.63, 3.8) is 0 Å². The minimum absolute atomic E-state index is 0.250. The molecule has 104 valence electrons. The SMILES string of the molecule is Nc1ccc(F)c(C(=O)NCCc2ccccc2)c1F. The molecule has 0 saturated heterocycles. The van der Waals surface area contributed by atoms with Crippen molar-refractivity contribution in [2.45, 2.75) is 6.42 Å². The smallest absolute Gasteiger partial charge is 0.257 e. The van der Waals surface area contributed by atoms with Gasteiger partial charge in [0.1, 0.15) is 11.4 Å². The summed E-state index contributed by atoms with van der Waals surface area (Å²) in [5.74, 6) is -2.75. The van der Waals surface area contributed by atoms with Gasteiger partial charge in [0, 0.05) is 6.54 Å². The summed E-state index contributed by atoms with van der Waals surface area (Å²) in [6.07, 6.45) is 0.581. The summed E-state index contributed by atoms with van der Waals surface area (Å²) >= 11 is 0. The molecule has 0 atom stereocenters. The zero-order valence-electron chi connectivity index (χ0n) is 10.7. The highest BCUT2D eigenvalue weighted by atomic mass is 19.1. The highest BCUT2D eigenvalue weighted by molar-refractivity contribution is 5.95. The van der Waals surface area contributed by atoms with Crippen LogP contribution in [0, 0.1) is 11.6 Å². The summed E-state index contributed by atoms with van der Waals surface area (Å²) in [5, 5.41) is 2.48. The summed E-state index contributed by atoms with van der Waals surface area (Å²) in [7, 11) is 0. The molecular formula is C15H14F2N2O. The van der Waals surface area contributed by atoms with Crippen LogP contribution in [0.1, 0.15) is 15.9 Å². The lowest BCUT2D eigenvalue weighted by atomic mass is 10.1. The number of nitrogen functional groups attached to an aromatic ring is 1. The summed E-state index contributed by atoms with van der Waals surface area (Å²) in [6.45, 7) is 0.288. The predicted octanol–water partition coefficient (Wildman–Crippen LogP) is 2.52. The van der Waals surface area contributed by atoms with E-state index in [9.17, 15) is 13.6 Å². The first-order valence-corrected chi connectivity index (χ1v) is 6.15. The fraction of sp³-hybridized carbons (Fsp3) is 0.133. The van der Waals surface area contributed by atoms with Crippen LogP contribution in [0.2, 0.25) is 0 Å². The minimum Gasteiger partial charge on any atom is -0.396 e. The Hall–Kier alpha value is -2.43. The van der Waals surface area contributed by atoms with Gasteiger partial charge in [-0.2, -0.15) is 0 Å². The molecule has 1 amide bonds. The maximum Gasteiger partial charge on any atom is 0.257 e. The van der Waals surface area contributed by atoms with E-state index in [1.165, 1.54) is 0 Å². The van der Waals surface area contributed by atoms with Crippen LogP contribution in [-0.4, -0.2) is 12.5 Å². The number of nitrogens with two attached hydrogens (primary N) is 1. The van der Waals surface area contributed by atoms with E-state index in [4.69, 9.17) is 5.73 Å². The average Bonchev–Trinajstić information content (AvgIpc) is 2.44. The molecule has 0 aromatic heterocycles. The number of halogens is 2. The molecule has 2 aromatic carbocycles. The molecule has 0 aliphatic rings. The predicted molar refractivity (Wildman–Crippen MR) is 73.2 cm³/mol. The Morgan fingerprint density at radius 3 is 2.50 bits per heavy atom. The van der Waals surface area contributed by atoms with Gasteiger partial charge in [0.2, 0.25) is 0 Å². The molecule has 0 aliphatic heterocycles. The molecule has 2 rings (SSSR count). The van der Waals surface area contributed by atoms with E-state index in [1.807, 2.05) is 30.3 Å². The molecule has 0 spiro atoms. The van der Waals surface area contributed by atoms with Gasteiger partial charge in [-0.05, 0) is 24.1 Å². The Labute approximate surface area is 115 Å². The molecule has 0 unspecified atom stereocenters. The van der Waals surface area contributed by atoms with Crippen LogP contribution in [0.4, 0.5) is 14.5 Å². The normalized spacial score (nSPS) is 10.3. The summed E-state index contributed by atoms with van der Waals surface area (Å²) in [4.78, 5) is 11.8. The number of benzene rings is 2. The highest BCUT2D eigenvalue weighted by Crippen LogP contribution is 2.18. The van der Waals surface area contributed by atoms with Gasteiger partial charge in [-0.15, -0.1) is 0 Å². The number of anilines is 1. The van der Waals surface area contributed by atoms with Gasteiger partial charge in [0.05, 0.1) is 5.69 Å². The number of amides is 1. The number of hydrogen-bond donors (Lipinski definition) is 2. The fourth-order valence-electron chi connectivity index (χ4n) is 1.83. The summed E-state index contributed by atoms with van der Waals surface area (Å²) in [5.41, 5.74) is 5.46. The van der Waals surface area contributed by atoms with Gasteiger partial charge >= 0.3 is 0 Å². The molecule has 3 nitrogen and oxygen atoms in total. The zero-order valence-corrected chi connectivity index (χ0v) is 10.7. The number of hydrogen-bond acceptors (Lipinski definition) is 2. The van der Waals surface area contributed by atoms with Crippen molar-refractivity contribution in [1.29, 1.82) is 0 Å². The van der Waals surface area contributed by atoms with Crippen molar-refractivity contribution in [2.24, 2.45) is 0 Å². The molecule has 0 heterocycles. The fourth-order valence-corrected chi connectivity index (χ4v) is 1.83. The summed E-state index contributed by atoms with van der Waals surface area (Å²) in [6, 6.07) is 11.5. The number of nitrogens with one attached hydrogen (secondary N) is 1. The second kappa shape index (κ2) is 6.14. The number of rotatable bonds is 4. The molecule has 3 N–H and O–H groups in total. The minimum atomic E-state index is -1.03. The Balaban J connectivity index is 2.01. The van der Waals surface area contributed by atoms with Gasteiger partial charge in [0.25, 0.3) is 5.91 Å². The van der Waals surface area contributed by atoms with Crippen molar-refractivity contribution in [3.05, 3.63) is 65.2 Å². The molecule has 0 fully saturated rings. The van der Waals surface area contributed by atoms with Crippen LogP contribution < -0.4 is 11.1 Å². The zero-order chi connectivity index (χ0) is 14.5. The third-order valence-electron chi connectivity index (χ3n) is 2.89. The highest BCUT2D eigenvalue weighted by Gasteiger charge is 2.18. The van der Waals surface area contributed by atoms with Crippen molar-refractivity contribution in [3.8, 4) is 0 Å². The van der Waals surface area contributed by atoms with E-state index in [2.05, 4.69) is 5.32 Å². The van der Waals surface area contributed by atoms with E-state index >= 15 is 0 Å². The first-order valence-electron chi connectivity index (χ1n) is 6.15. The lowest BCUT2D eigenvalue weighted by Gasteiger charge is -2.08. The van der Waals surface area contributed by atoms with Crippen molar-refractivity contribution in [2.75, 3.05) is 12.3 Å². The van der Waals surface area contributed by atoms with Crippen LogP contribution >= 0.6 is 0 Å². The van der Waals surface area contributed by atoms with Crippen molar-refractivity contribution in [1.82, 2.24) is 5.32 Å². The standard InChI is InChI=1S/C15H14F2N2O/c16-11-6-7-12(18)14(17)13(11)15(20)19-9-8-10-4-2-1-3-5-10/h1-7H,8-9,18H2,(H,19,20). The van der Waals surface area contributed by atoms with E-state index in [-0.39, 0.29) is 12.2 Å². The van der Waals surface area contributed by atoms with Gasteiger partial charge in [-0.25, -0.2) is 8.78 Å². The largest absolute Gasteiger partial charge is 0.396 e. The maximum absolute atomic E-state index is 13.6. The first-order chi connectivity index (χ1) is 9.59. The topological polar surface area (TPSA) is 55.1 Å². The van der Waals surface area contributed by atoms with Gasteiger partial charge in [0.15, 0.2) is 5.82 Å². The monoisotopic (exact) mass is 276 g/mol. The summed E-state index contributed by atoms with van der Waals surface area (Å²) < 4.78 is 27.1. The van der Waals surface area contributed by atoms with E-state index in [1.54, 1.807) is 0 Å². The first kappa shape index (κ1) is 14.0. The second-order valence-corrected chi connectivity index (χ2v) is 4.32. The van der Waals surface area contributed by atoms with Crippen LogP contribution in [0.25, 0.3) is 0 Å². The Morgan fingerprint density at radius 2 is 1.80 bits per heavy atom. The van der Waals surface area contributed by atoms with Gasteiger partial charge in [-0.1, -0.05) is 30.3 Å². The third-order valence-corrected chi connectivity index (χ3v) is 2.89. The lowest BCUT2D eigenvalue weighted by Crippen LogP contribution is -2.27. The van der Waals surface area contributed by atoms with E-state index in [0.717, 1.165) is 17.7 Å². The molecule has 0 saturated carbocycles. The molecular weight excluding hydrogens is 262 g/mol. The molecule has 0 aliphatic carbocycles. The van der Waals surface area contributed by atoms with Crippen LogP contribution in [0.15, 0.2) is 42.5 Å². The lowest BCUT2D eigenvalue weighted by molar-refractivity contribution is 0.0946. The van der Waals surface area contributed by atoms with Crippen molar-refractivity contribution < 1.29 is 13.6 Å². The third kappa shape index (κ3) is 3.12. The molecule has 0 bridgehead atoms. The molecule has 2 aromatic rings. The Kier molecular flexibility index (Phi) is 4.30.